The molecule has 0 aliphatic carbocycles. The van der Waals surface area contributed by atoms with E-state index in [1.165, 1.54) is 17.4 Å². The zero-order valence-electron chi connectivity index (χ0n) is 14.6. The first-order valence-corrected chi connectivity index (χ1v) is 8.70. The van der Waals surface area contributed by atoms with Gasteiger partial charge in [-0.25, -0.2) is 0 Å². The first kappa shape index (κ1) is 19.0. The Labute approximate surface area is 153 Å². The van der Waals surface area contributed by atoms with Gasteiger partial charge in [-0.05, 0) is 43.0 Å². The molecule has 2 aromatic carbocycles. The van der Waals surface area contributed by atoms with Crippen molar-refractivity contribution in [2.75, 3.05) is 18.0 Å². The largest absolute Gasteiger partial charge is 0.355 e. The fraction of sp³-hybridized carbons (Fsp3) is 0.300. The average Bonchev–Trinajstić information content (AvgIpc) is 2.60. The van der Waals surface area contributed by atoms with Gasteiger partial charge in [0.1, 0.15) is 6.54 Å². The summed E-state index contributed by atoms with van der Waals surface area (Å²) >= 11 is 6.12. The highest BCUT2D eigenvalue weighted by Gasteiger charge is 2.18. The Morgan fingerprint density at radius 3 is 2.48 bits per heavy atom. The van der Waals surface area contributed by atoms with Crippen molar-refractivity contribution in [3.05, 3.63) is 64.7 Å². The second-order valence-corrected chi connectivity index (χ2v) is 6.34. The number of nitrogens with zero attached hydrogens (tertiary/aromatic N) is 1. The normalized spacial score (nSPS) is 10.4. The van der Waals surface area contributed by atoms with Crippen LogP contribution in [0.2, 0.25) is 5.02 Å². The van der Waals surface area contributed by atoms with Gasteiger partial charge in [0.05, 0.1) is 0 Å². The Hall–Kier alpha value is -2.33. The highest BCUT2D eigenvalue weighted by atomic mass is 35.5. The van der Waals surface area contributed by atoms with E-state index in [4.69, 9.17) is 11.6 Å². The number of hydrogen-bond donors (Lipinski definition) is 1. The highest BCUT2D eigenvalue weighted by molar-refractivity contribution is 6.31. The number of carbonyl (C=O) groups excluding carboxylic acids is 2. The van der Waals surface area contributed by atoms with Crippen molar-refractivity contribution in [2.24, 2.45) is 0 Å². The van der Waals surface area contributed by atoms with Crippen LogP contribution >= 0.6 is 11.6 Å². The summed E-state index contributed by atoms with van der Waals surface area (Å²) in [5, 5.41) is 3.45. The molecule has 0 aromatic heterocycles. The fourth-order valence-electron chi connectivity index (χ4n) is 2.62. The van der Waals surface area contributed by atoms with Crippen molar-refractivity contribution in [2.45, 2.75) is 26.7 Å². The molecule has 0 heterocycles. The second-order valence-electron chi connectivity index (χ2n) is 5.93. The van der Waals surface area contributed by atoms with Crippen LogP contribution in [0.25, 0.3) is 0 Å². The molecule has 132 valence electrons. The van der Waals surface area contributed by atoms with Crippen molar-refractivity contribution in [1.82, 2.24) is 5.32 Å². The van der Waals surface area contributed by atoms with Crippen molar-refractivity contribution in [3.63, 3.8) is 0 Å². The van der Waals surface area contributed by atoms with Gasteiger partial charge < -0.3 is 10.2 Å². The SMILES string of the molecule is CC(=O)N(CC(=O)NCCCc1ccccc1)c1cccc(Cl)c1C. The summed E-state index contributed by atoms with van der Waals surface area (Å²) in [5.74, 6) is -0.368. The molecular weight excluding hydrogens is 336 g/mol. The summed E-state index contributed by atoms with van der Waals surface area (Å²) in [6, 6.07) is 15.5. The molecule has 0 atom stereocenters. The van der Waals surface area contributed by atoms with Gasteiger partial charge in [0.2, 0.25) is 11.8 Å². The number of carbonyl (C=O) groups is 2. The predicted octanol–water partition coefficient (Wildman–Crippen LogP) is 3.75. The summed E-state index contributed by atoms with van der Waals surface area (Å²) < 4.78 is 0. The van der Waals surface area contributed by atoms with E-state index >= 15 is 0 Å². The number of amides is 2. The molecule has 5 heteroatoms. The molecule has 2 aromatic rings. The van der Waals surface area contributed by atoms with E-state index in [1.54, 1.807) is 18.2 Å². The molecule has 1 N–H and O–H groups in total. The summed E-state index contributed by atoms with van der Waals surface area (Å²) in [5.41, 5.74) is 2.70. The molecule has 0 bridgehead atoms. The molecular formula is C20H23ClN2O2. The van der Waals surface area contributed by atoms with Crippen LogP contribution < -0.4 is 10.2 Å². The summed E-state index contributed by atoms with van der Waals surface area (Å²) in [4.78, 5) is 25.6. The van der Waals surface area contributed by atoms with E-state index in [1.807, 2.05) is 25.1 Å². The van der Waals surface area contributed by atoms with E-state index in [2.05, 4.69) is 17.4 Å². The van der Waals surface area contributed by atoms with E-state index in [0.29, 0.717) is 17.3 Å². The summed E-state index contributed by atoms with van der Waals surface area (Å²) in [6.07, 6.45) is 1.76. The third-order valence-electron chi connectivity index (χ3n) is 4.02. The molecule has 4 nitrogen and oxygen atoms in total. The molecule has 25 heavy (non-hydrogen) atoms. The van der Waals surface area contributed by atoms with E-state index in [9.17, 15) is 9.59 Å². The zero-order chi connectivity index (χ0) is 18.2. The van der Waals surface area contributed by atoms with Gasteiger partial charge in [-0.1, -0.05) is 48.0 Å². The van der Waals surface area contributed by atoms with Gasteiger partial charge in [0.15, 0.2) is 0 Å². The standard InChI is InChI=1S/C20H23ClN2O2/c1-15-18(21)11-6-12-19(15)23(16(2)24)14-20(25)22-13-7-10-17-8-4-3-5-9-17/h3-6,8-9,11-12H,7,10,13-14H2,1-2H3,(H,22,25). The zero-order valence-corrected chi connectivity index (χ0v) is 15.3. The molecule has 0 spiro atoms. The van der Waals surface area contributed by atoms with Crippen LogP contribution in [0, 0.1) is 6.92 Å². The van der Waals surface area contributed by atoms with Gasteiger partial charge >= 0.3 is 0 Å². The van der Waals surface area contributed by atoms with Crippen LogP contribution in [-0.4, -0.2) is 24.9 Å². The molecule has 0 radical (unpaired) electrons. The van der Waals surface area contributed by atoms with Gasteiger partial charge in [-0.2, -0.15) is 0 Å². The summed E-state index contributed by atoms with van der Waals surface area (Å²) in [7, 11) is 0. The minimum absolute atomic E-state index is 0.0121. The van der Waals surface area contributed by atoms with Crippen molar-refractivity contribution < 1.29 is 9.59 Å². The Bertz CT molecular complexity index is 732. The maximum absolute atomic E-state index is 12.2. The van der Waals surface area contributed by atoms with Gasteiger partial charge in [0.25, 0.3) is 0 Å². The van der Waals surface area contributed by atoms with E-state index < -0.39 is 0 Å². The second kappa shape index (κ2) is 9.23. The number of anilines is 1. The molecule has 0 fully saturated rings. The molecule has 0 aliphatic heterocycles. The van der Waals surface area contributed by atoms with E-state index in [-0.39, 0.29) is 18.4 Å². The Morgan fingerprint density at radius 2 is 1.80 bits per heavy atom. The minimum atomic E-state index is -0.190. The Kier molecular flexibility index (Phi) is 7.02. The lowest BCUT2D eigenvalue weighted by atomic mass is 10.1. The number of hydrogen-bond acceptors (Lipinski definition) is 2. The van der Waals surface area contributed by atoms with Crippen molar-refractivity contribution in [3.8, 4) is 0 Å². The third kappa shape index (κ3) is 5.61. The first-order valence-electron chi connectivity index (χ1n) is 8.33. The van der Waals surface area contributed by atoms with Crippen LogP contribution in [-0.2, 0) is 16.0 Å². The Balaban J connectivity index is 1.88. The van der Waals surface area contributed by atoms with Gasteiger partial charge in [-0.15, -0.1) is 0 Å². The van der Waals surface area contributed by atoms with Crippen LogP contribution in [0.3, 0.4) is 0 Å². The first-order chi connectivity index (χ1) is 12.0. The number of rotatable bonds is 7. The molecule has 0 saturated heterocycles. The Morgan fingerprint density at radius 1 is 1.08 bits per heavy atom. The minimum Gasteiger partial charge on any atom is -0.355 e. The lowest BCUT2D eigenvalue weighted by Gasteiger charge is -2.23. The van der Waals surface area contributed by atoms with Crippen molar-refractivity contribution >= 4 is 29.1 Å². The lowest BCUT2D eigenvalue weighted by Crippen LogP contribution is -2.40. The smallest absolute Gasteiger partial charge is 0.240 e. The van der Waals surface area contributed by atoms with Gasteiger partial charge in [-0.3, -0.25) is 9.59 Å². The predicted molar refractivity (Wildman–Crippen MR) is 102 cm³/mol. The molecule has 2 rings (SSSR count). The van der Waals surface area contributed by atoms with Gasteiger partial charge in [0, 0.05) is 24.2 Å². The monoisotopic (exact) mass is 358 g/mol. The maximum Gasteiger partial charge on any atom is 0.240 e. The average molecular weight is 359 g/mol. The topological polar surface area (TPSA) is 49.4 Å². The van der Waals surface area contributed by atoms with Crippen LogP contribution in [0.5, 0.6) is 0 Å². The van der Waals surface area contributed by atoms with Crippen LogP contribution in [0.1, 0.15) is 24.5 Å². The lowest BCUT2D eigenvalue weighted by molar-refractivity contribution is -0.123. The third-order valence-corrected chi connectivity index (χ3v) is 4.43. The molecule has 0 unspecified atom stereocenters. The summed E-state index contributed by atoms with van der Waals surface area (Å²) in [6.45, 7) is 3.85. The molecule has 0 saturated carbocycles. The molecule has 0 aliphatic rings. The number of benzene rings is 2. The number of aryl methyl sites for hydroxylation is 1. The fourth-order valence-corrected chi connectivity index (χ4v) is 2.79. The highest BCUT2D eigenvalue weighted by Crippen LogP contribution is 2.26. The quantitative estimate of drug-likeness (QED) is 0.766. The van der Waals surface area contributed by atoms with Crippen molar-refractivity contribution in [1.29, 1.82) is 0 Å². The van der Waals surface area contributed by atoms with Crippen LogP contribution in [0.15, 0.2) is 48.5 Å². The van der Waals surface area contributed by atoms with Crippen LogP contribution in [0.4, 0.5) is 5.69 Å². The number of nitrogens with one attached hydrogen (secondary N) is 1. The maximum atomic E-state index is 12.2. The number of halogens is 1. The molecule has 2 amide bonds. The van der Waals surface area contributed by atoms with E-state index in [0.717, 1.165) is 18.4 Å².